The molecule has 7 heteroatoms. The summed E-state index contributed by atoms with van der Waals surface area (Å²) in [4.78, 5) is 26.2. The van der Waals surface area contributed by atoms with Gasteiger partial charge in [-0.15, -0.1) is 0 Å². The lowest BCUT2D eigenvalue weighted by Crippen LogP contribution is -2.48. The van der Waals surface area contributed by atoms with Crippen LogP contribution in [-0.2, 0) is 19.4 Å². The number of aryl methyl sites for hydroxylation is 2. The van der Waals surface area contributed by atoms with Crippen molar-refractivity contribution in [3.05, 3.63) is 45.6 Å². The molecule has 2 aromatic heterocycles. The average molecular weight is 380 g/mol. The first-order valence-corrected chi connectivity index (χ1v) is 10.7. The van der Waals surface area contributed by atoms with E-state index >= 15 is 0 Å². The lowest BCUT2D eigenvalue weighted by Gasteiger charge is -2.34. The zero-order valence-corrected chi connectivity index (χ0v) is 16.4. The number of nitrogens with zero attached hydrogens (tertiary/aromatic N) is 6. The molecular weight excluding hydrogens is 352 g/mol. The molecule has 0 atom stereocenters. The standard InChI is InChI=1S/C21H28N6O/c28-20-13-17-3-1-2-4-19(17)24-27(20)12-9-25-7-10-26(11-8-25)21-22-14-18(15-23-21)16-5-6-16/h13-16H,1-12H2. The number of anilines is 1. The van der Waals surface area contributed by atoms with Crippen molar-refractivity contribution in [2.75, 3.05) is 37.6 Å². The predicted molar refractivity (Wildman–Crippen MR) is 108 cm³/mol. The summed E-state index contributed by atoms with van der Waals surface area (Å²) in [6.45, 7) is 5.31. The second-order valence-electron chi connectivity index (χ2n) is 8.30. The highest BCUT2D eigenvalue weighted by Gasteiger charge is 2.25. The Labute approximate surface area is 165 Å². The van der Waals surface area contributed by atoms with Crippen LogP contribution in [0, 0.1) is 0 Å². The Hall–Kier alpha value is -2.28. The van der Waals surface area contributed by atoms with Crippen LogP contribution in [0.4, 0.5) is 5.95 Å². The minimum atomic E-state index is 0.0449. The van der Waals surface area contributed by atoms with Gasteiger partial charge in [0.25, 0.3) is 5.56 Å². The Balaban J connectivity index is 1.15. The van der Waals surface area contributed by atoms with E-state index in [1.165, 1.54) is 31.2 Å². The highest BCUT2D eigenvalue weighted by Crippen LogP contribution is 2.39. The Morgan fingerprint density at radius 3 is 2.46 bits per heavy atom. The van der Waals surface area contributed by atoms with Crippen LogP contribution in [0.5, 0.6) is 0 Å². The second kappa shape index (κ2) is 7.62. The third kappa shape index (κ3) is 3.81. The summed E-state index contributed by atoms with van der Waals surface area (Å²) in [6, 6.07) is 1.81. The number of hydrogen-bond acceptors (Lipinski definition) is 6. The topological polar surface area (TPSA) is 67.2 Å². The highest BCUT2D eigenvalue weighted by atomic mass is 16.1. The molecule has 28 heavy (non-hydrogen) atoms. The van der Waals surface area contributed by atoms with E-state index in [1.807, 2.05) is 18.5 Å². The number of aromatic nitrogens is 4. The van der Waals surface area contributed by atoms with Gasteiger partial charge < -0.3 is 4.90 Å². The fourth-order valence-corrected chi connectivity index (χ4v) is 4.29. The summed E-state index contributed by atoms with van der Waals surface area (Å²) < 4.78 is 1.66. The summed E-state index contributed by atoms with van der Waals surface area (Å²) in [5.74, 6) is 1.54. The third-order valence-corrected chi connectivity index (χ3v) is 6.26. The molecular formula is C21H28N6O. The molecule has 1 aliphatic heterocycles. The van der Waals surface area contributed by atoms with E-state index in [2.05, 4.69) is 24.9 Å². The van der Waals surface area contributed by atoms with Crippen LogP contribution in [0.25, 0.3) is 0 Å². The summed E-state index contributed by atoms with van der Waals surface area (Å²) in [6.07, 6.45) is 10.9. The summed E-state index contributed by atoms with van der Waals surface area (Å²) in [5.41, 5.74) is 3.62. The molecule has 2 aromatic rings. The molecule has 1 saturated heterocycles. The predicted octanol–water partition coefficient (Wildman–Crippen LogP) is 1.61. The van der Waals surface area contributed by atoms with Gasteiger partial charge in [-0.2, -0.15) is 5.10 Å². The lowest BCUT2D eigenvalue weighted by molar-refractivity contribution is 0.241. The van der Waals surface area contributed by atoms with E-state index in [-0.39, 0.29) is 5.56 Å². The van der Waals surface area contributed by atoms with Crippen molar-refractivity contribution in [1.29, 1.82) is 0 Å². The van der Waals surface area contributed by atoms with Crippen LogP contribution in [0.1, 0.15) is 48.4 Å². The van der Waals surface area contributed by atoms with E-state index in [4.69, 9.17) is 0 Å². The van der Waals surface area contributed by atoms with Crippen molar-refractivity contribution >= 4 is 5.95 Å². The third-order valence-electron chi connectivity index (χ3n) is 6.26. The highest BCUT2D eigenvalue weighted by molar-refractivity contribution is 5.32. The smallest absolute Gasteiger partial charge is 0.267 e. The van der Waals surface area contributed by atoms with Crippen LogP contribution in [0.15, 0.2) is 23.3 Å². The van der Waals surface area contributed by atoms with E-state index in [0.717, 1.165) is 62.8 Å². The molecule has 3 heterocycles. The molecule has 0 bridgehead atoms. The van der Waals surface area contributed by atoms with Crippen LogP contribution >= 0.6 is 0 Å². The molecule has 2 fully saturated rings. The Bertz CT molecular complexity index is 881. The first-order valence-electron chi connectivity index (χ1n) is 10.7. The van der Waals surface area contributed by atoms with Gasteiger partial charge in [-0.25, -0.2) is 14.6 Å². The summed E-state index contributed by atoms with van der Waals surface area (Å²) >= 11 is 0. The second-order valence-corrected chi connectivity index (χ2v) is 8.30. The van der Waals surface area contributed by atoms with Crippen molar-refractivity contribution in [3.8, 4) is 0 Å². The monoisotopic (exact) mass is 380 g/mol. The van der Waals surface area contributed by atoms with Crippen LogP contribution in [-0.4, -0.2) is 57.4 Å². The van der Waals surface area contributed by atoms with E-state index in [0.29, 0.717) is 12.5 Å². The zero-order valence-electron chi connectivity index (χ0n) is 16.4. The van der Waals surface area contributed by atoms with Crippen molar-refractivity contribution in [2.45, 2.75) is 51.0 Å². The zero-order chi connectivity index (χ0) is 18.9. The molecule has 2 aliphatic carbocycles. The SMILES string of the molecule is O=c1cc2c(nn1CCN1CCN(c3ncc(C4CC4)cn3)CC1)CCCC2. The number of rotatable bonds is 5. The molecule has 0 amide bonds. The Kier molecular flexibility index (Phi) is 4.84. The quantitative estimate of drug-likeness (QED) is 0.785. The Morgan fingerprint density at radius 2 is 1.71 bits per heavy atom. The fraction of sp³-hybridized carbons (Fsp3) is 0.619. The summed E-state index contributed by atoms with van der Waals surface area (Å²) in [5, 5.41) is 4.63. The number of piperazine rings is 1. The Morgan fingerprint density at radius 1 is 0.964 bits per heavy atom. The largest absolute Gasteiger partial charge is 0.338 e. The number of fused-ring (bicyclic) bond motifs is 1. The molecule has 1 saturated carbocycles. The van der Waals surface area contributed by atoms with Crippen molar-refractivity contribution < 1.29 is 0 Å². The maximum atomic E-state index is 12.3. The van der Waals surface area contributed by atoms with E-state index < -0.39 is 0 Å². The molecule has 0 spiro atoms. The first kappa shape index (κ1) is 17.8. The van der Waals surface area contributed by atoms with Crippen molar-refractivity contribution in [1.82, 2.24) is 24.6 Å². The van der Waals surface area contributed by atoms with Crippen molar-refractivity contribution in [2.24, 2.45) is 0 Å². The van der Waals surface area contributed by atoms with Crippen LogP contribution in [0.2, 0.25) is 0 Å². The molecule has 148 valence electrons. The minimum Gasteiger partial charge on any atom is -0.338 e. The summed E-state index contributed by atoms with van der Waals surface area (Å²) in [7, 11) is 0. The molecule has 0 radical (unpaired) electrons. The molecule has 3 aliphatic rings. The van der Waals surface area contributed by atoms with Crippen LogP contribution < -0.4 is 10.5 Å². The van der Waals surface area contributed by atoms with Gasteiger partial charge in [-0.05, 0) is 55.6 Å². The average Bonchev–Trinajstić information content (AvgIpc) is 3.58. The van der Waals surface area contributed by atoms with E-state index in [1.54, 1.807) is 4.68 Å². The van der Waals surface area contributed by atoms with Gasteiger partial charge in [0.15, 0.2) is 0 Å². The first-order chi connectivity index (χ1) is 13.8. The van der Waals surface area contributed by atoms with Gasteiger partial charge in [-0.1, -0.05) is 0 Å². The fourth-order valence-electron chi connectivity index (χ4n) is 4.29. The van der Waals surface area contributed by atoms with Crippen molar-refractivity contribution in [3.63, 3.8) is 0 Å². The number of hydrogen-bond donors (Lipinski definition) is 0. The maximum Gasteiger partial charge on any atom is 0.267 e. The van der Waals surface area contributed by atoms with Gasteiger partial charge in [-0.3, -0.25) is 9.69 Å². The van der Waals surface area contributed by atoms with Gasteiger partial charge in [0, 0.05) is 51.2 Å². The molecule has 0 unspecified atom stereocenters. The van der Waals surface area contributed by atoms with E-state index in [9.17, 15) is 4.79 Å². The molecule has 0 aromatic carbocycles. The normalized spacial score (nSPS) is 20.2. The van der Waals surface area contributed by atoms with Crippen LogP contribution in [0.3, 0.4) is 0 Å². The maximum absolute atomic E-state index is 12.3. The van der Waals surface area contributed by atoms with Gasteiger partial charge in [0.1, 0.15) is 0 Å². The van der Waals surface area contributed by atoms with Gasteiger partial charge in [0.2, 0.25) is 5.95 Å². The molecule has 5 rings (SSSR count). The molecule has 0 N–H and O–H groups in total. The lowest BCUT2D eigenvalue weighted by atomic mass is 9.97. The minimum absolute atomic E-state index is 0.0449. The van der Waals surface area contributed by atoms with Gasteiger partial charge >= 0.3 is 0 Å². The molecule has 7 nitrogen and oxygen atoms in total. The van der Waals surface area contributed by atoms with Gasteiger partial charge in [0.05, 0.1) is 12.2 Å².